The van der Waals surface area contributed by atoms with Crippen molar-refractivity contribution in [1.82, 2.24) is 14.8 Å². The molecule has 3 aromatic rings. The maximum Gasteiger partial charge on any atom is 0.285 e. The third-order valence-corrected chi connectivity index (χ3v) is 3.86. The van der Waals surface area contributed by atoms with Gasteiger partial charge in [0.05, 0.1) is 32.4 Å². The lowest BCUT2D eigenvalue weighted by molar-refractivity contribution is -0.385. The van der Waals surface area contributed by atoms with E-state index in [2.05, 4.69) is 10.2 Å². The summed E-state index contributed by atoms with van der Waals surface area (Å²) in [5.41, 5.74) is -0.137. The highest BCUT2D eigenvalue weighted by Crippen LogP contribution is 2.40. The number of aromatic nitrogens is 3. The van der Waals surface area contributed by atoms with Gasteiger partial charge < -0.3 is 18.6 Å². The summed E-state index contributed by atoms with van der Waals surface area (Å²) in [7, 11) is 4.45. The highest BCUT2D eigenvalue weighted by atomic mass is 16.6. The van der Waals surface area contributed by atoms with Gasteiger partial charge in [-0.25, -0.2) is 0 Å². The first-order valence-corrected chi connectivity index (χ1v) is 7.94. The van der Waals surface area contributed by atoms with Crippen molar-refractivity contribution in [2.45, 2.75) is 6.54 Å². The molecule has 0 atom stereocenters. The second-order valence-electron chi connectivity index (χ2n) is 5.53. The highest BCUT2D eigenvalue weighted by molar-refractivity contribution is 5.65. The van der Waals surface area contributed by atoms with Gasteiger partial charge in [0, 0.05) is 17.7 Å². The normalized spacial score (nSPS) is 10.5. The molecule has 0 aliphatic rings. The number of pyridine rings is 1. The quantitative estimate of drug-likeness (QED) is 0.439. The van der Waals surface area contributed by atoms with Crippen molar-refractivity contribution in [2.24, 2.45) is 0 Å². The van der Waals surface area contributed by atoms with E-state index in [1.807, 2.05) is 0 Å². The van der Waals surface area contributed by atoms with E-state index in [9.17, 15) is 14.9 Å². The predicted molar refractivity (Wildman–Crippen MR) is 95.8 cm³/mol. The summed E-state index contributed by atoms with van der Waals surface area (Å²) in [5.74, 6) is 1.49. The van der Waals surface area contributed by atoms with E-state index < -0.39 is 10.5 Å². The maximum atomic E-state index is 11.9. The molecule has 3 rings (SSSR count). The molecule has 28 heavy (non-hydrogen) atoms. The Hall–Kier alpha value is -3.89. The molecule has 0 saturated carbocycles. The van der Waals surface area contributed by atoms with Gasteiger partial charge in [0.1, 0.15) is 6.54 Å². The van der Waals surface area contributed by atoms with Crippen molar-refractivity contribution in [3.8, 4) is 28.7 Å². The van der Waals surface area contributed by atoms with E-state index in [1.54, 1.807) is 12.1 Å². The van der Waals surface area contributed by atoms with Crippen LogP contribution in [-0.4, -0.2) is 41.0 Å². The van der Waals surface area contributed by atoms with Gasteiger partial charge in [-0.1, -0.05) is 0 Å². The zero-order valence-electron chi connectivity index (χ0n) is 15.2. The minimum Gasteiger partial charge on any atom is -0.493 e. The average molecular weight is 388 g/mol. The van der Waals surface area contributed by atoms with Crippen LogP contribution < -0.4 is 19.8 Å². The molecular weight excluding hydrogens is 372 g/mol. The number of hydrogen-bond donors (Lipinski definition) is 0. The summed E-state index contributed by atoms with van der Waals surface area (Å²) in [5, 5.41) is 18.7. The van der Waals surface area contributed by atoms with Crippen molar-refractivity contribution in [1.29, 1.82) is 0 Å². The van der Waals surface area contributed by atoms with E-state index in [0.29, 0.717) is 22.8 Å². The van der Waals surface area contributed by atoms with Gasteiger partial charge in [-0.05, 0) is 12.1 Å². The molecule has 0 amide bonds. The Bertz CT molecular complexity index is 1050. The van der Waals surface area contributed by atoms with Crippen LogP contribution in [0.5, 0.6) is 17.2 Å². The lowest BCUT2D eigenvalue weighted by Crippen LogP contribution is -2.19. The maximum absolute atomic E-state index is 11.9. The summed E-state index contributed by atoms with van der Waals surface area (Å²) >= 11 is 0. The first-order chi connectivity index (χ1) is 13.5. The Morgan fingerprint density at radius 3 is 2.36 bits per heavy atom. The fraction of sp³-hybridized carbons (Fsp3) is 0.235. The monoisotopic (exact) mass is 388 g/mol. The van der Waals surface area contributed by atoms with Crippen LogP contribution in [0.25, 0.3) is 11.5 Å². The van der Waals surface area contributed by atoms with Crippen LogP contribution in [0.1, 0.15) is 5.89 Å². The zero-order chi connectivity index (χ0) is 20.3. The second-order valence-corrected chi connectivity index (χ2v) is 5.53. The van der Waals surface area contributed by atoms with E-state index in [-0.39, 0.29) is 24.0 Å². The summed E-state index contributed by atoms with van der Waals surface area (Å²) in [6.07, 6.45) is 1.12. The number of ether oxygens (including phenoxy) is 3. The number of hydrogen-bond acceptors (Lipinski definition) is 9. The molecule has 0 bridgehead atoms. The first-order valence-electron chi connectivity index (χ1n) is 7.94. The third kappa shape index (κ3) is 3.63. The predicted octanol–water partition coefficient (Wildman–Crippen LogP) is 1.88. The van der Waals surface area contributed by atoms with E-state index in [4.69, 9.17) is 18.6 Å². The van der Waals surface area contributed by atoms with Gasteiger partial charge in [0.2, 0.25) is 17.5 Å². The number of methoxy groups -OCH3 is 3. The topological polar surface area (TPSA) is 132 Å². The lowest BCUT2D eigenvalue weighted by Gasteiger charge is -2.12. The summed E-state index contributed by atoms with van der Waals surface area (Å²) in [6, 6.07) is 5.51. The largest absolute Gasteiger partial charge is 0.493 e. The van der Waals surface area contributed by atoms with Gasteiger partial charge in [0.15, 0.2) is 11.5 Å². The van der Waals surface area contributed by atoms with Crippen LogP contribution in [0, 0.1) is 10.1 Å². The molecule has 0 saturated heterocycles. The molecule has 1 aromatic carbocycles. The first kappa shape index (κ1) is 18.9. The molecule has 0 spiro atoms. The fourth-order valence-corrected chi connectivity index (χ4v) is 2.53. The Morgan fingerprint density at radius 1 is 1.11 bits per heavy atom. The van der Waals surface area contributed by atoms with Crippen LogP contribution in [0.4, 0.5) is 5.69 Å². The average Bonchev–Trinajstić information content (AvgIpc) is 3.16. The molecule has 2 heterocycles. The molecule has 0 unspecified atom stereocenters. The molecule has 0 aliphatic heterocycles. The Balaban J connectivity index is 1.94. The Kier molecular flexibility index (Phi) is 5.25. The van der Waals surface area contributed by atoms with Crippen LogP contribution in [-0.2, 0) is 6.54 Å². The highest BCUT2D eigenvalue weighted by Gasteiger charge is 2.18. The zero-order valence-corrected chi connectivity index (χ0v) is 15.2. The van der Waals surface area contributed by atoms with Crippen molar-refractivity contribution in [3.63, 3.8) is 0 Å². The Morgan fingerprint density at radius 2 is 1.79 bits per heavy atom. The number of nitro groups is 1. The molecule has 2 aromatic heterocycles. The smallest absolute Gasteiger partial charge is 0.285 e. The minimum atomic E-state index is -0.592. The van der Waals surface area contributed by atoms with Crippen molar-refractivity contribution in [2.75, 3.05) is 21.3 Å². The van der Waals surface area contributed by atoms with Gasteiger partial charge in [-0.2, -0.15) is 0 Å². The molecule has 0 N–H and O–H groups in total. The standard InChI is InChI=1S/C17H16N4O7/c1-25-12-6-10(7-13(26-2)16(12)27-3)17-19-18-14(28-17)9-20-8-11(21(23)24)4-5-15(20)22/h4-8H,9H2,1-3H3. The molecular formula is C17H16N4O7. The van der Waals surface area contributed by atoms with Crippen LogP contribution in [0.15, 0.2) is 39.7 Å². The SMILES string of the molecule is COc1cc(-c2nnc(Cn3cc([N+](=O)[O-])ccc3=O)o2)cc(OC)c1OC. The van der Waals surface area contributed by atoms with Gasteiger partial charge in [-0.3, -0.25) is 19.5 Å². The van der Waals surface area contributed by atoms with Crippen LogP contribution in [0.3, 0.4) is 0 Å². The fourth-order valence-electron chi connectivity index (χ4n) is 2.53. The van der Waals surface area contributed by atoms with Crippen LogP contribution >= 0.6 is 0 Å². The summed E-state index contributed by atoms with van der Waals surface area (Å²) in [6.45, 7) is -0.113. The molecule has 0 aliphatic carbocycles. The van der Waals surface area contributed by atoms with Crippen molar-refractivity contribution in [3.05, 3.63) is 56.8 Å². The molecule has 146 valence electrons. The summed E-state index contributed by atoms with van der Waals surface area (Å²) < 4.78 is 22.6. The van der Waals surface area contributed by atoms with Gasteiger partial charge in [-0.15, -0.1) is 10.2 Å². The molecule has 11 nitrogen and oxygen atoms in total. The summed E-state index contributed by atoms with van der Waals surface area (Å²) in [4.78, 5) is 22.2. The number of nitrogens with zero attached hydrogens (tertiary/aromatic N) is 4. The lowest BCUT2D eigenvalue weighted by atomic mass is 10.2. The van der Waals surface area contributed by atoms with Crippen molar-refractivity contribution < 1.29 is 23.6 Å². The van der Waals surface area contributed by atoms with E-state index in [1.165, 1.54) is 21.3 Å². The van der Waals surface area contributed by atoms with Crippen LogP contribution in [0.2, 0.25) is 0 Å². The number of rotatable bonds is 7. The van der Waals surface area contributed by atoms with E-state index >= 15 is 0 Å². The van der Waals surface area contributed by atoms with Gasteiger partial charge in [0.25, 0.3) is 11.2 Å². The van der Waals surface area contributed by atoms with E-state index in [0.717, 1.165) is 22.9 Å². The molecule has 11 heteroatoms. The molecule has 0 fully saturated rings. The second kappa shape index (κ2) is 7.78. The third-order valence-electron chi connectivity index (χ3n) is 3.86. The molecule has 0 radical (unpaired) electrons. The number of benzene rings is 1. The Labute approximate surface area is 158 Å². The van der Waals surface area contributed by atoms with Crippen molar-refractivity contribution >= 4 is 5.69 Å². The van der Waals surface area contributed by atoms with Gasteiger partial charge >= 0.3 is 0 Å². The minimum absolute atomic E-state index is 0.103.